The van der Waals surface area contributed by atoms with Crippen molar-refractivity contribution in [3.05, 3.63) is 35.4 Å². The zero-order valence-electron chi connectivity index (χ0n) is 16.8. The quantitative estimate of drug-likeness (QED) is 0.379. The first-order valence-electron chi connectivity index (χ1n) is 9.54. The van der Waals surface area contributed by atoms with Gasteiger partial charge in [-0.05, 0) is 48.3 Å². The molecule has 2 atom stereocenters. The number of benzene rings is 1. The Hall–Kier alpha value is -2.08. The van der Waals surface area contributed by atoms with E-state index in [1.807, 2.05) is 12.1 Å². The molecule has 0 saturated heterocycles. The zero-order valence-corrected chi connectivity index (χ0v) is 16.8. The Morgan fingerprint density at radius 1 is 1.00 bits per heavy atom. The summed E-state index contributed by atoms with van der Waals surface area (Å²) in [4.78, 5) is 32.7. The van der Waals surface area contributed by atoms with Crippen LogP contribution in [-0.2, 0) is 19.6 Å². The fourth-order valence-corrected chi connectivity index (χ4v) is 3.50. The molecule has 0 heterocycles. The summed E-state index contributed by atoms with van der Waals surface area (Å²) in [6.07, 6.45) is 2.70. The second kappa shape index (κ2) is 9.22. The first-order chi connectivity index (χ1) is 12.7. The number of carbonyl (C=O) groups is 2. The molecule has 1 saturated carbocycles. The molecule has 6 nitrogen and oxygen atoms in total. The molecule has 1 fully saturated rings. The molecule has 1 aromatic carbocycles. The van der Waals surface area contributed by atoms with Gasteiger partial charge >= 0.3 is 12.1 Å². The van der Waals surface area contributed by atoms with Gasteiger partial charge in [0.2, 0.25) is 0 Å². The van der Waals surface area contributed by atoms with Gasteiger partial charge in [0.25, 0.3) is 0 Å². The molecule has 0 amide bonds. The van der Waals surface area contributed by atoms with Gasteiger partial charge in [0.05, 0.1) is 10.6 Å². The van der Waals surface area contributed by atoms with Crippen molar-refractivity contribution in [2.45, 2.75) is 72.3 Å². The van der Waals surface area contributed by atoms with Crippen molar-refractivity contribution in [1.29, 1.82) is 0 Å². The minimum absolute atomic E-state index is 0.0286. The number of hydrogen-bond acceptors (Lipinski definition) is 6. The molecule has 0 aromatic heterocycles. The molecule has 0 spiro atoms. The highest BCUT2D eigenvalue weighted by molar-refractivity contribution is 5.88. The Kier molecular flexibility index (Phi) is 7.25. The molecule has 6 heteroatoms. The van der Waals surface area contributed by atoms with Gasteiger partial charge in [-0.2, -0.15) is 0 Å². The molecule has 2 unspecified atom stereocenters. The summed E-state index contributed by atoms with van der Waals surface area (Å²) in [6, 6.07) is 6.95. The third-order valence-corrected chi connectivity index (χ3v) is 5.09. The van der Waals surface area contributed by atoms with Crippen LogP contribution in [0.3, 0.4) is 0 Å². The van der Waals surface area contributed by atoms with E-state index in [1.54, 1.807) is 12.1 Å². The molecular weight excluding hydrogens is 348 g/mol. The van der Waals surface area contributed by atoms with E-state index in [0.717, 1.165) is 31.2 Å². The van der Waals surface area contributed by atoms with Crippen molar-refractivity contribution < 1.29 is 29.1 Å². The van der Waals surface area contributed by atoms with Crippen LogP contribution in [0.15, 0.2) is 24.3 Å². The zero-order chi connectivity index (χ0) is 20.0. The average Bonchev–Trinajstić information content (AvgIpc) is 2.61. The van der Waals surface area contributed by atoms with E-state index in [2.05, 4.69) is 49.4 Å². The fourth-order valence-electron chi connectivity index (χ4n) is 3.50. The summed E-state index contributed by atoms with van der Waals surface area (Å²) >= 11 is 0. The molecule has 0 radical (unpaired) electrons. The Morgan fingerprint density at radius 3 is 2.22 bits per heavy atom. The first-order valence-corrected chi connectivity index (χ1v) is 9.54. The van der Waals surface area contributed by atoms with E-state index in [-0.39, 0.29) is 17.4 Å². The molecule has 0 bridgehead atoms. The average molecular weight is 378 g/mol. The van der Waals surface area contributed by atoms with Crippen LogP contribution in [0.5, 0.6) is 0 Å². The van der Waals surface area contributed by atoms with Crippen LogP contribution in [0, 0.1) is 11.3 Å². The van der Waals surface area contributed by atoms with E-state index >= 15 is 0 Å². The van der Waals surface area contributed by atoms with Gasteiger partial charge in [-0.1, -0.05) is 53.2 Å². The van der Waals surface area contributed by atoms with Crippen molar-refractivity contribution in [3.63, 3.8) is 0 Å². The SMILES string of the molecule is CC(C)c1ccc(C(=O)OOOC(=O)OC2CCCCC2C(C)(C)C)cc1. The largest absolute Gasteiger partial charge is 0.543 e. The van der Waals surface area contributed by atoms with Crippen LogP contribution in [0.2, 0.25) is 0 Å². The maximum Gasteiger partial charge on any atom is 0.543 e. The smallest absolute Gasteiger partial charge is 0.429 e. The van der Waals surface area contributed by atoms with Crippen molar-refractivity contribution >= 4 is 12.1 Å². The van der Waals surface area contributed by atoms with E-state index < -0.39 is 12.1 Å². The lowest BCUT2D eigenvalue weighted by atomic mass is 9.71. The second-order valence-corrected chi connectivity index (χ2v) is 8.46. The number of carbonyl (C=O) groups excluding carboxylic acids is 2. The fraction of sp³-hybridized carbons (Fsp3) is 0.619. The van der Waals surface area contributed by atoms with Crippen molar-refractivity contribution in [3.8, 4) is 0 Å². The highest BCUT2D eigenvalue weighted by Gasteiger charge is 2.37. The van der Waals surface area contributed by atoms with Crippen molar-refractivity contribution in [1.82, 2.24) is 0 Å². The summed E-state index contributed by atoms with van der Waals surface area (Å²) in [5.41, 5.74) is 1.44. The maximum absolute atomic E-state index is 11.9. The molecule has 2 rings (SSSR count). The molecule has 1 aliphatic rings. The maximum atomic E-state index is 11.9. The standard InChI is InChI=1S/C21H30O6/c1-14(2)15-10-12-16(13-11-15)19(22)25-27-26-20(23)24-18-9-7-6-8-17(18)21(3,4)5/h10-14,17-18H,6-9H2,1-5H3. The molecular formula is C21H30O6. The Labute approximate surface area is 161 Å². The lowest BCUT2D eigenvalue weighted by molar-refractivity contribution is -0.453. The first kappa shape index (κ1) is 21.2. The Morgan fingerprint density at radius 2 is 1.63 bits per heavy atom. The van der Waals surface area contributed by atoms with E-state index in [9.17, 15) is 9.59 Å². The van der Waals surface area contributed by atoms with Crippen molar-refractivity contribution in [2.24, 2.45) is 11.3 Å². The molecule has 27 heavy (non-hydrogen) atoms. The summed E-state index contributed by atoms with van der Waals surface area (Å²) in [6.45, 7) is 10.5. The van der Waals surface area contributed by atoms with E-state index in [0.29, 0.717) is 11.5 Å². The number of ether oxygens (including phenoxy) is 1. The minimum Gasteiger partial charge on any atom is -0.429 e. The van der Waals surface area contributed by atoms with Crippen LogP contribution >= 0.6 is 0 Å². The Balaban J connectivity index is 1.79. The normalized spacial score (nSPS) is 20.2. The molecule has 150 valence electrons. The highest BCUT2D eigenvalue weighted by atomic mass is 17.5. The third kappa shape index (κ3) is 6.24. The third-order valence-electron chi connectivity index (χ3n) is 5.09. The van der Waals surface area contributed by atoms with Gasteiger partial charge < -0.3 is 4.74 Å². The molecule has 0 aliphatic heterocycles. The number of rotatable bonds is 5. The molecule has 1 aliphatic carbocycles. The van der Waals surface area contributed by atoms with E-state index in [4.69, 9.17) is 4.74 Å². The molecule has 1 aromatic rings. The highest BCUT2D eigenvalue weighted by Crippen LogP contribution is 2.39. The second-order valence-electron chi connectivity index (χ2n) is 8.46. The van der Waals surface area contributed by atoms with Crippen LogP contribution in [0.1, 0.15) is 82.1 Å². The summed E-state index contributed by atoms with van der Waals surface area (Å²) < 4.78 is 5.38. The summed E-state index contributed by atoms with van der Waals surface area (Å²) in [5, 5.41) is 4.33. The minimum atomic E-state index is -1.00. The van der Waals surface area contributed by atoms with Crippen LogP contribution < -0.4 is 0 Å². The summed E-state index contributed by atoms with van der Waals surface area (Å²) in [5.74, 6) is -0.134. The molecule has 0 N–H and O–H groups in total. The topological polar surface area (TPSA) is 71.1 Å². The van der Waals surface area contributed by atoms with Crippen LogP contribution in [-0.4, -0.2) is 18.2 Å². The predicted molar refractivity (Wildman–Crippen MR) is 99.8 cm³/mol. The van der Waals surface area contributed by atoms with Gasteiger partial charge in [-0.25, -0.2) is 14.5 Å². The van der Waals surface area contributed by atoms with Crippen molar-refractivity contribution in [2.75, 3.05) is 0 Å². The van der Waals surface area contributed by atoms with E-state index in [1.165, 1.54) is 0 Å². The van der Waals surface area contributed by atoms with Gasteiger partial charge in [0.15, 0.2) is 0 Å². The number of hydrogen-bond donors (Lipinski definition) is 0. The van der Waals surface area contributed by atoms with Gasteiger partial charge in [0, 0.05) is 5.92 Å². The monoisotopic (exact) mass is 378 g/mol. The lowest BCUT2D eigenvalue weighted by Crippen LogP contribution is -2.38. The Bertz CT molecular complexity index is 629. The summed E-state index contributed by atoms with van der Waals surface area (Å²) in [7, 11) is 0. The van der Waals surface area contributed by atoms with Crippen LogP contribution in [0.25, 0.3) is 0 Å². The lowest BCUT2D eigenvalue weighted by Gasteiger charge is -2.39. The predicted octanol–water partition coefficient (Wildman–Crippen LogP) is 5.57. The van der Waals surface area contributed by atoms with Gasteiger partial charge in [0.1, 0.15) is 6.10 Å². The van der Waals surface area contributed by atoms with Gasteiger partial charge in [-0.15, -0.1) is 0 Å². The van der Waals surface area contributed by atoms with Gasteiger partial charge in [-0.3, -0.25) is 4.89 Å². The van der Waals surface area contributed by atoms with Crippen LogP contribution in [0.4, 0.5) is 4.79 Å².